The monoisotopic (exact) mass is 372 g/mol. The minimum atomic E-state index is -0.144. The summed E-state index contributed by atoms with van der Waals surface area (Å²) in [6.07, 6.45) is 4.71. The van der Waals surface area contributed by atoms with Gasteiger partial charge in [0.1, 0.15) is 6.10 Å². The zero-order valence-electron chi connectivity index (χ0n) is 16.7. The Morgan fingerprint density at radius 1 is 1.33 bits per heavy atom. The zero-order chi connectivity index (χ0) is 18.8. The van der Waals surface area contributed by atoms with Crippen LogP contribution in [0.4, 0.5) is 0 Å². The van der Waals surface area contributed by atoms with Crippen LogP contribution in [0.15, 0.2) is 12.1 Å². The molecule has 3 unspecified atom stereocenters. The van der Waals surface area contributed by atoms with E-state index in [0.29, 0.717) is 11.8 Å². The molecular formula is C22H32N2O3. The summed E-state index contributed by atoms with van der Waals surface area (Å²) in [5, 5.41) is 18.1. The lowest BCUT2D eigenvalue weighted by Gasteiger charge is -2.56. The van der Waals surface area contributed by atoms with Crippen LogP contribution in [0, 0.1) is 11.3 Å². The summed E-state index contributed by atoms with van der Waals surface area (Å²) >= 11 is 0. The van der Waals surface area contributed by atoms with E-state index < -0.39 is 0 Å². The second-order valence-corrected chi connectivity index (χ2v) is 9.71. The number of phenolic OH excluding ortho intramolecular Hbond substituents is 1. The Balaban J connectivity index is 1.56. The zero-order valence-corrected chi connectivity index (χ0v) is 16.7. The first-order valence-corrected chi connectivity index (χ1v) is 10.5. The van der Waals surface area contributed by atoms with Gasteiger partial charge >= 0.3 is 0 Å². The van der Waals surface area contributed by atoms with E-state index in [1.54, 1.807) is 13.2 Å². The van der Waals surface area contributed by atoms with E-state index in [2.05, 4.69) is 30.5 Å². The molecule has 0 spiro atoms. The number of hydrogen-bond donors (Lipinski definition) is 3. The van der Waals surface area contributed by atoms with Crippen molar-refractivity contribution in [3.8, 4) is 11.5 Å². The highest BCUT2D eigenvalue weighted by Gasteiger charge is 2.65. The maximum absolute atomic E-state index is 10.6. The summed E-state index contributed by atoms with van der Waals surface area (Å²) in [7, 11) is 1.80. The normalized spacial score (nSPS) is 35.6. The molecule has 148 valence electrons. The minimum absolute atomic E-state index is 0.00303. The Kier molecular flexibility index (Phi) is 4.01. The van der Waals surface area contributed by atoms with Gasteiger partial charge in [0.2, 0.25) is 0 Å². The number of phenols is 1. The molecular weight excluding hydrogens is 340 g/mol. The average molecular weight is 373 g/mol. The van der Waals surface area contributed by atoms with Crippen LogP contribution in [0.2, 0.25) is 0 Å². The molecule has 27 heavy (non-hydrogen) atoms. The summed E-state index contributed by atoms with van der Waals surface area (Å²) in [6, 6.07) is 4.17. The highest BCUT2D eigenvalue weighted by molar-refractivity contribution is 5.60. The molecule has 0 aromatic heterocycles. The first-order valence-electron chi connectivity index (χ1n) is 10.5. The van der Waals surface area contributed by atoms with Gasteiger partial charge in [-0.25, -0.2) is 0 Å². The van der Waals surface area contributed by atoms with Gasteiger partial charge in [0, 0.05) is 25.3 Å². The molecule has 2 aliphatic carbocycles. The molecule has 4 atom stereocenters. The van der Waals surface area contributed by atoms with Gasteiger partial charge in [0.05, 0.1) is 11.5 Å². The van der Waals surface area contributed by atoms with E-state index in [4.69, 9.17) is 9.47 Å². The highest BCUT2D eigenvalue weighted by Crippen LogP contribution is 2.61. The molecule has 3 N–H and O–H groups in total. The second kappa shape index (κ2) is 6.10. The third-order valence-electron chi connectivity index (χ3n) is 7.48. The number of methoxy groups -OCH3 is 1. The Hall–Kier alpha value is -1.30. The summed E-state index contributed by atoms with van der Waals surface area (Å²) in [4.78, 5) is 0. The number of nitrogens with one attached hydrogen (secondary N) is 2. The van der Waals surface area contributed by atoms with Crippen molar-refractivity contribution in [2.75, 3.05) is 20.2 Å². The van der Waals surface area contributed by atoms with Crippen LogP contribution in [-0.2, 0) is 16.7 Å². The Labute approximate surface area is 161 Å². The predicted octanol–water partition coefficient (Wildman–Crippen LogP) is 2.70. The van der Waals surface area contributed by atoms with E-state index >= 15 is 0 Å². The summed E-state index contributed by atoms with van der Waals surface area (Å²) in [5.41, 5.74) is 2.37. The van der Waals surface area contributed by atoms with E-state index in [1.165, 1.54) is 24.0 Å². The molecule has 2 heterocycles. The number of hydrogen-bond acceptors (Lipinski definition) is 5. The Morgan fingerprint density at radius 2 is 2.15 bits per heavy atom. The van der Waals surface area contributed by atoms with Crippen molar-refractivity contribution in [2.24, 2.45) is 11.3 Å². The molecule has 5 nitrogen and oxygen atoms in total. The fourth-order valence-electron chi connectivity index (χ4n) is 6.00. The fourth-order valence-corrected chi connectivity index (χ4v) is 6.00. The predicted molar refractivity (Wildman–Crippen MR) is 104 cm³/mol. The molecule has 0 radical (unpaired) electrons. The van der Waals surface area contributed by atoms with Crippen LogP contribution in [0.5, 0.6) is 11.5 Å². The van der Waals surface area contributed by atoms with Crippen LogP contribution in [-0.4, -0.2) is 43.6 Å². The summed E-state index contributed by atoms with van der Waals surface area (Å²) in [6.45, 7) is 7.49. The first-order chi connectivity index (χ1) is 13.0. The van der Waals surface area contributed by atoms with Crippen LogP contribution < -0.4 is 15.4 Å². The average Bonchev–Trinajstić information content (AvgIpc) is 3.39. The Morgan fingerprint density at radius 3 is 2.89 bits per heavy atom. The number of benzene rings is 1. The molecule has 0 amide bonds. The molecule has 2 aliphatic heterocycles. The second-order valence-electron chi connectivity index (χ2n) is 9.71. The van der Waals surface area contributed by atoms with Crippen molar-refractivity contribution in [3.05, 3.63) is 23.3 Å². The van der Waals surface area contributed by atoms with Crippen molar-refractivity contribution < 1.29 is 14.6 Å². The van der Waals surface area contributed by atoms with Crippen LogP contribution in [0.1, 0.15) is 50.7 Å². The fraction of sp³-hybridized carbons (Fsp3) is 0.727. The number of rotatable bonds is 6. The molecule has 5 rings (SSSR count). The SMILES string of the molecule is COC1[C@@H]2Oc3c(O)ccc4c3C2(CCNCC2CC2)C(CC1(C)C)NC4. The van der Waals surface area contributed by atoms with Crippen molar-refractivity contribution in [1.29, 1.82) is 0 Å². The molecule has 0 saturated heterocycles. The van der Waals surface area contributed by atoms with Crippen molar-refractivity contribution >= 4 is 0 Å². The maximum Gasteiger partial charge on any atom is 0.165 e. The van der Waals surface area contributed by atoms with E-state index in [9.17, 15) is 5.11 Å². The minimum Gasteiger partial charge on any atom is -0.504 e. The lowest BCUT2D eigenvalue weighted by molar-refractivity contribution is -0.130. The molecule has 1 aromatic rings. The van der Waals surface area contributed by atoms with Gasteiger partial charge in [-0.05, 0) is 61.7 Å². The number of ether oxygens (including phenoxy) is 2. The third kappa shape index (κ3) is 2.55. The quantitative estimate of drug-likeness (QED) is 0.670. The van der Waals surface area contributed by atoms with Gasteiger partial charge in [-0.15, -0.1) is 0 Å². The Bertz CT molecular complexity index is 745. The van der Waals surface area contributed by atoms with Crippen molar-refractivity contribution in [1.82, 2.24) is 10.6 Å². The molecule has 2 fully saturated rings. The van der Waals surface area contributed by atoms with Gasteiger partial charge < -0.3 is 25.2 Å². The molecule has 5 heteroatoms. The van der Waals surface area contributed by atoms with Crippen LogP contribution in [0.25, 0.3) is 0 Å². The van der Waals surface area contributed by atoms with Crippen LogP contribution in [0.3, 0.4) is 0 Å². The van der Waals surface area contributed by atoms with Gasteiger partial charge in [0.25, 0.3) is 0 Å². The summed E-state index contributed by atoms with van der Waals surface area (Å²) in [5.74, 6) is 1.84. The van der Waals surface area contributed by atoms with Crippen LogP contribution >= 0.6 is 0 Å². The van der Waals surface area contributed by atoms with Gasteiger partial charge in [-0.2, -0.15) is 0 Å². The smallest absolute Gasteiger partial charge is 0.165 e. The van der Waals surface area contributed by atoms with Gasteiger partial charge in [0.15, 0.2) is 11.5 Å². The largest absolute Gasteiger partial charge is 0.504 e. The third-order valence-corrected chi connectivity index (χ3v) is 7.48. The van der Waals surface area contributed by atoms with E-state index in [-0.39, 0.29) is 28.8 Å². The lowest BCUT2D eigenvalue weighted by atomic mass is 9.54. The molecule has 4 aliphatic rings. The van der Waals surface area contributed by atoms with Crippen molar-refractivity contribution in [2.45, 2.75) is 69.7 Å². The lowest BCUT2D eigenvalue weighted by Crippen LogP contribution is -2.68. The van der Waals surface area contributed by atoms with E-state index in [1.807, 2.05) is 0 Å². The molecule has 0 bridgehead atoms. The van der Waals surface area contributed by atoms with Crippen molar-refractivity contribution in [3.63, 3.8) is 0 Å². The molecule has 2 saturated carbocycles. The summed E-state index contributed by atoms with van der Waals surface area (Å²) < 4.78 is 12.6. The molecule has 1 aromatic carbocycles. The number of aromatic hydroxyl groups is 1. The standard InChI is InChI=1S/C22H32N2O3/c1-21(2)10-16-22(8-9-23-11-13-4-5-13)17-14(12-24-16)6-7-15(25)18(17)27-20(22)19(21)26-3/h6-7,13,16,19-20,23-25H,4-5,8-12H2,1-3H3/t16?,19?,20-,22?/m0/s1. The maximum atomic E-state index is 10.6. The highest BCUT2D eigenvalue weighted by atomic mass is 16.5. The van der Waals surface area contributed by atoms with E-state index in [0.717, 1.165) is 38.4 Å². The first kappa shape index (κ1) is 17.8. The van der Waals surface area contributed by atoms with Gasteiger partial charge in [-0.3, -0.25) is 0 Å². The van der Waals surface area contributed by atoms with Gasteiger partial charge in [-0.1, -0.05) is 19.9 Å². The topological polar surface area (TPSA) is 62.8 Å².